The molecule has 0 fully saturated rings. The predicted molar refractivity (Wildman–Crippen MR) is 110 cm³/mol. The van der Waals surface area contributed by atoms with Crippen LogP contribution in [0.2, 0.25) is 0 Å². The van der Waals surface area contributed by atoms with Gasteiger partial charge in [0, 0.05) is 22.7 Å². The number of aromatic nitrogens is 4. The first-order chi connectivity index (χ1) is 14.4. The number of para-hydroxylation sites is 1. The molecule has 152 valence electrons. The molecule has 8 nitrogen and oxygen atoms in total. The summed E-state index contributed by atoms with van der Waals surface area (Å²) in [5.74, 6) is 0.870. The lowest BCUT2D eigenvalue weighted by molar-refractivity contribution is 0.122. The van der Waals surface area contributed by atoms with Gasteiger partial charge in [-0.05, 0) is 43.7 Å². The summed E-state index contributed by atoms with van der Waals surface area (Å²) in [5.41, 5.74) is 7.93. The lowest BCUT2D eigenvalue weighted by Gasteiger charge is -2.19. The highest BCUT2D eigenvalue weighted by atomic mass is 19.1. The highest BCUT2D eigenvalue weighted by Gasteiger charge is 2.25. The number of anilines is 2. The number of nitrogens with two attached hydrogens (primary N) is 1. The number of carbonyl (C=O) groups is 1. The Labute approximate surface area is 171 Å². The zero-order valence-electron chi connectivity index (χ0n) is 16.3. The van der Waals surface area contributed by atoms with Gasteiger partial charge in [0.15, 0.2) is 17.7 Å². The second-order valence-electron chi connectivity index (χ2n) is 6.83. The summed E-state index contributed by atoms with van der Waals surface area (Å²) in [6.45, 7) is 3.60. The fourth-order valence-corrected chi connectivity index (χ4v) is 3.22. The Morgan fingerprint density at radius 3 is 2.67 bits per heavy atom. The quantitative estimate of drug-likeness (QED) is 0.460. The number of primary amides is 1. The summed E-state index contributed by atoms with van der Waals surface area (Å²) in [7, 11) is 0. The minimum atomic E-state index is -1.01. The Balaban J connectivity index is 1.87. The number of nitrogens with one attached hydrogen (secondary N) is 2. The summed E-state index contributed by atoms with van der Waals surface area (Å²) in [6, 6.07) is 13.4. The first-order valence-corrected chi connectivity index (χ1v) is 9.18. The molecule has 1 amide bonds. The standard InChI is InChI=1S/C21H19FN6O2/c1-11-9-13(22)7-8-14(11)18(30-21(23)29)20-24-16-6-4-3-5-15(16)19(26-20)25-17-10-12(2)27-28-17/h3-10,18H,1-2H3,(H2,23,29)(H2,24,25,26,27,28). The monoisotopic (exact) mass is 406 g/mol. The number of benzene rings is 2. The average Bonchev–Trinajstić information content (AvgIpc) is 3.11. The van der Waals surface area contributed by atoms with Gasteiger partial charge in [0.1, 0.15) is 11.6 Å². The molecular weight excluding hydrogens is 387 g/mol. The molecule has 1 unspecified atom stereocenters. The van der Waals surface area contributed by atoms with Crippen LogP contribution in [0, 0.1) is 19.7 Å². The molecule has 4 aromatic rings. The zero-order chi connectivity index (χ0) is 21.3. The molecule has 0 aliphatic carbocycles. The lowest BCUT2D eigenvalue weighted by Crippen LogP contribution is -2.21. The Morgan fingerprint density at radius 1 is 1.17 bits per heavy atom. The van der Waals surface area contributed by atoms with E-state index in [9.17, 15) is 9.18 Å². The first-order valence-electron chi connectivity index (χ1n) is 9.18. The van der Waals surface area contributed by atoms with Crippen LogP contribution >= 0.6 is 0 Å². The smallest absolute Gasteiger partial charge is 0.405 e. The van der Waals surface area contributed by atoms with Crippen LogP contribution in [-0.2, 0) is 4.74 Å². The van der Waals surface area contributed by atoms with Gasteiger partial charge in [-0.25, -0.2) is 19.2 Å². The van der Waals surface area contributed by atoms with Gasteiger partial charge in [0.2, 0.25) is 0 Å². The molecular formula is C21H19FN6O2. The van der Waals surface area contributed by atoms with E-state index in [1.165, 1.54) is 18.2 Å². The maximum Gasteiger partial charge on any atom is 0.405 e. The Bertz CT molecular complexity index is 1240. The number of aromatic amines is 1. The van der Waals surface area contributed by atoms with E-state index in [0.717, 1.165) is 11.1 Å². The van der Waals surface area contributed by atoms with Crippen molar-refractivity contribution in [3.8, 4) is 0 Å². The van der Waals surface area contributed by atoms with E-state index in [-0.39, 0.29) is 5.82 Å². The summed E-state index contributed by atoms with van der Waals surface area (Å²) in [5, 5.41) is 11.0. The van der Waals surface area contributed by atoms with Crippen molar-refractivity contribution in [1.82, 2.24) is 20.2 Å². The third kappa shape index (κ3) is 3.90. The number of aryl methyl sites for hydroxylation is 2. The van der Waals surface area contributed by atoms with Crippen LogP contribution in [0.25, 0.3) is 10.9 Å². The molecule has 2 aromatic heterocycles. The number of nitrogens with zero attached hydrogens (tertiary/aromatic N) is 3. The van der Waals surface area contributed by atoms with Gasteiger partial charge in [-0.2, -0.15) is 5.10 Å². The third-order valence-electron chi connectivity index (χ3n) is 4.56. The van der Waals surface area contributed by atoms with Crippen LogP contribution in [0.3, 0.4) is 0 Å². The number of halogens is 1. The van der Waals surface area contributed by atoms with Crippen LogP contribution < -0.4 is 11.1 Å². The Hall–Kier alpha value is -4.01. The molecule has 0 aliphatic heterocycles. The highest BCUT2D eigenvalue weighted by molar-refractivity contribution is 5.90. The van der Waals surface area contributed by atoms with Gasteiger partial charge in [0.05, 0.1) is 5.52 Å². The van der Waals surface area contributed by atoms with Crippen molar-refractivity contribution in [3.05, 3.63) is 77.0 Å². The molecule has 4 N–H and O–H groups in total. The molecule has 30 heavy (non-hydrogen) atoms. The molecule has 2 aromatic carbocycles. The van der Waals surface area contributed by atoms with Gasteiger partial charge < -0.3 is 15.8 Å². The average molecular weight is 406 g/mol. The minimum absolute atomic E-state index is 0.206. The molecule has 0 bridgehead atoms. The summed E-state index contributed by atoms with van der Waals surface area (Å²) >= 11 is 0. The largest absolute Gasteiger partial charge is 0.433 e. The summed E-state index contributed by atoms with van der Waals surface area (Å²) in [4.78, 5) is 20.8. The van der Waals surface area contributed by atoms with Crippen LogP contribution in [0.1, 0.15) is 28.7 Å². The van der Waals surface area contributed by atoms with Crippen LogP contribution in [-0.4, -0.2) is 26.3 Å². The fraction of sp³-hybridized carbons (Fsp3) is 0.143. The minimum Gasteiger partial charge on any atom is -0.433 e. The van der Waals surface area contributed by atoms with Gasteiger partial charge >= 0.3 is 6.09 Å². The van der Waals surface area contributed by atoms with E-state index >= 15 is 0 Å². The molecule has 0 saturated carbocycles. The van der Waals surface area contributed by atoms with Crippen molar-refractivity contribution in [2.24, 2.45) is 5.73 Å². The van der Waals surface area contributed by atoms with E-state index in [1.54, 1.807) is 6.92 Å². The second-order valence-corrected chi connectivity index (χ2v) is 6.83. The number of hydrogen-bond donors (Lipinski definition) is 3. The predicted octanol–water partition coefficient (Wildman–Crippen LogP) is 4.04. The summed E-state index contributed by atoms with van der Waals surface area (Å²) in [6.07, 6.45) is -1.99. The normalized spacial score (nSPS) is 12.0. The van der Waals surface area contributed by atoms with Crippen molar-refractivity contribution in [1.29, 1.82) is 0 Å². The van der Waals surface area contributed by atoms with Crippen molar-refractivity contribution in [2.45, 2.75) is 20.0 Å². The fourth-order valence-electron chi connectivity index (χ4n) is 3.22. The molecule has 9 heteroatoms. The van der Waals surface area contributed by atoms with Crippen LogP contribution in [0.15, 0.2) is 48.5 Å². The maximum absolute atomic E-state index is 13.6. The van der Waals surface area contributed by atoms with E-state index in [2.05, 4.69) is 25.5 Å². The first kappa shape index (κ1) is 19.3. The van der Waals surface area contributed by atoms with Gasteiger partial charge in [-0.3, -0.25) is 5.10 Å². The molecule has 0 saturated heterocycles. The van der Waals surface area contributed by atoms with Crippen molar-refractivity contribution in [3.63, 3.8) is 0 Å². The number of fused-ring (bicyclic) bond motifs is 1. The van der Waals surface area contributed by atoms with Crippen LogP contribution in [0.4, 0.5) is 20.8 Å². The number of rotatable bonds is 5. The molecule has 0 radical (unpaired) electrons. The number of ether oxygens (including phenoxy) is 1. The number of H-pyrrole nitrogens is 1. The molecule has 2 heterocycles. The number of carbonyl (C=O) groups excluding carboxylic acids is 1. The molecule has 0 spiro atoms. The number of amides is 1. The maximum atomic E-state index is 13.6. The Kier molecular flexibility index (Phi) is 5.01. The second kappa shape index (κ2) is 7.78. The number of hydrogen-bond acceptors (Lipinski definition) is 6. The SMILES string of the molecule is Cc1cc(Nc2nc(C(OC(N)=O)c3ccc(F)cc3C)nc3ccccc23)n[nH]1. The molecule has 1 atom stereocenters. The van der Waals surface area contributed by atoms with Crippen molar-refractivity contribution in [2.75, 3.05) is 5.32 Å². The van der Waals surface area contributed by atoms with Crippen molar-refractivity contribution >= 4 is 28.6 Å². The third-order valence-corrected chi connectivity index (χ3v) is 4.56. The van der Waals surface area contributed by atoms with E-state index in [1.807, 2.05) is 37.3 Å². The topological polar surface area (TPSA) is 119 Å². The molecule has 4 rings (SSSR count). The highest BCUT2D eigenvalue weighted by Crippen LogP contribution is 2.31. The van der Waals surface area contributed by atoms with E-state index < -0.39 is 18.0 Å². The van der Waals surface area contributed by atoms with Gasteiger partial charge in [-0.1, -0.05) is 18.2 Å². The van der Waals surface area contributed by atoms with Gasteiger partial charge in [-0.15, -0.1) is 0 Å². The van der Waals surface area contributed by atoms with Crippen molar-refractivity contribution < 1.29 is 13.9 Å². The zero-order valence-corrected chi connectivity index (χ0v) is 16.3. The van der Waals surface area contributed by atoms with Crippen LogP contribution in [0.5, 0.6) is 0 Å². The van der Waals surface area contributed by atoms with Gasteiger partial charge in [0.25, 0.3) is 0 Å². The molecule has 0 aliphatic rings. The summed E-state index contributed by atoms with van der Waals surface area (Å²) < 4.78 is 19.0. The van der Waals surface area contributed by atoms with E-state index in [0.29, 0.717) is 28.3 Å². The Morgan fingerprint density at radius 2 is 1.97 bits per heavy atom. The van der Waals surface area contributed by atoms with E-state index in [4.69, 9.17) is 10.5 Å². The lowest BCUT2D eigenvalue weighted by atomic mass is 10.0.